The van der Waals surface area contributed by atoms with Crippen molar-refractivity contribution in [1.29, 1.82) is 0 Å². The van der Waals surface area contributed by atoms with Crippen molar-refractivity contribution < 1.29 is 14.3 Å². The van der Waals surface area contributed by atoms with Crippen LogP contribution in [0.3, 0.4) is 0 Å². The van der Waals surface area contributed by atoms with Gasteiger partial charge in [0.15, 0.2) is 0 Å². The van der Waals surface area contributed by atoms with Gasteiger partial charge in [-0.1, -0.05) is 6.07 Å². The molecule has 2 rings (SSSR count). The topological polar surface area (TPSA) is 62.8 Å². The zero-order chi connectivity index (χ0) is 15.6. The van der Waals surface area contributed by atoms with E-state index in [1.807, 2.05) is 24.3 Å². The molecule has 1 aromatic carbocycles. The molecule has 1 aromatic rings. The normalized spacial score (nSPS) is 15.3. The number of carbonyl (C=O) groups is 1. The van der Waals surface area contributed by atoms with Gasteiger partial charge in [-0.15, -0.1) is 0 Å². The molecule has 0 spiro atoms. The third-order valence-electron chi connectivity index (χ3n) is 3.60. The van der Waals surface area contributed by atoms with Crippen LogP contribution in [0, 0.1) is 0 Å². The fourth-order valence-corrected chi connectivity index (χ4v) is 2.32. The minimum Gasteiger partial charge on any atom is -0.497 e. The largest absolute Gasteiger partial charge is 0.497 e. The molecule has 1 aliphatic heterocycles. The average Bonchev–Trinajstić information content (AvgIpc) is 2.56. The Kier molecular flexibility index (Phi) is 6.99. The van der Waals surface area contributed by atoms with Gasteiger partial charge in [-0.3, -0.25) is 9.69 Å². The SMILES string of the molecule is COc1cccc(NCCC(=O)NCCN2CCOCC2)c1. The first-order valence-corrected chi connectivity index (χ1v) is 7.72. The zero-order valence-corrected chi connectivity index (χ0v) is 13.1. The van der Waals surface area contributed by atoms with Gasteiger partial charge in [0.1, 0.15) is 5.75 Å². The Balaban J connectivity index is 1.57. The van der Waals surface area contributed by atoms with E-state index in [1.54, 1.807) is 7.11 Å². The van der Waals surface area contributed by atoms with Gasteiger partial charge in [-0.05, 0) is 12.1 Å². The van der Waals surface area contributed by atoms with Crippen molar-refractivity contribution in [2.45, 2.75) is 6.42 Å². The quantitative estimate of drug-likeness (QED) is 0.748. The van der Waals surface area contributed by atoms with Crippen molar-refractivity contribution in [2.24, 2.45) is 0 Å². The lowest BCUT2D eigenvalue weighted by Crippen LogP contribution is -2.41. The van der Waals surface area contributed by atoms with Crippen molar-refractivity contribution in [1.82, 2.24) is 10.2 Å². The number of ether oxygens (including phenoxy) is 2. The number of carbonyl (C=O) groups excluding carboxylic acids is 1. The molecule has 0 saturated carbocycles. The van der Waals surface area contributed by atoms with Gasteiger partial charge in [0, 0.05) is 50.9 Å². The van der Waals surface area contributed by atoms with Crippen LogP contribution in [0.2, 0.25) is 0 Å². The summed E-state index contributed by atoms with van der Waals surface area (Å²) in [5.74, 6) is 0.878. The maximum atomic E-state index is 11.8. The van der Waals surface area contributed by atoms with E-state index in [9.17, 15) is 4.79 Å². The Bertz CT molecular complexity index is 462. The molecule has 0 radical (unpaired) electrons. The number of amides is 1. The Morgan fingerprint density at radius 2 is 2.14 bits per heavy atom. The fraction of sp³-hybridized carbons (Fsp3) is 0.562. The van der Waals surface area contributed by atoms with Crippen molar-refractivity contribution in [3.8, 4) is 5.75 Å². The second kappa shape index (κ2) is 9.27. The number of anilines is 1. The second-order valence-electron chi connectivity index (χ2n) is 5.21. The lowest BCUT2D eigenvalue weighted by Gasteiger charge is -2.26. The van der Waals surface area contributed by atoms with E-state index in [0.717, 1.165) is 44.3 Å². The van der Waals surface area contributed by atoms with Crippen LogP contribution in [-0.4, -0.2) is 63.9 Å². The van der Waals surface area contributed by atoms with Crippen LogP contribution in [-0.2, 0) is 9.53 Å². The third kappa shape index (κ3) is 5.91. The van der Waals surface area contributed by atoms with Crippen molar-refractivity contribution >= 4 is 11.6 Å². The molecule has 1 heterocycles. The highest BCUT2D eigenvalue weighted by Crippen LogP contribution is 2.16. The summed E-state index contributed by atoms with van der Waals surface area (Å²) in [7, 11) is 1.64. The first-order chi connectivity index (χ1) is 10.8. The number of benzene rings is 1. The van der Waals surface area contributed by atoms with E-state index in [0.29, 0.717) is 19.5 Å². The standard InChI is InChI=1S/C16H25N3O3/c1-21-15-4-2-3-14(13-15)17-6-5-16(20)18-7-8-19-9-11-22-12-10-19/h2-4,13,17H,5-12H2,1H3,(H,18,20). The summed E-state index contributed by atoms with van der Waals surface area (Å²) in [6, 6.07) is 7.68. The molecular weight excluding hydrogens is 282 g/mol. The molecule has 22 heavy (non-hydrogen) atoms. The lowest BCUT2D eigenvalue weighted by molar-refractivity contribution is -0.120. The van der Waals surface area contributed by atoms with E-state index < -0.39 is 0 Å². The summed E-state index contributed by atoms with van der Waals surface area (Å²) in [6.07, 6.45) is 0.459. The van der Waals surface area contributed by atoms with Crippen LogP contribution >= 0.6 is 0 Å². The summed E-state index contributed by atoms with van der Waals surface area (Å²) in [5.41, 5.74) is 0.959. The predicted molar refractivity (Wildman–Crippen MR) is 86.4 cm³/mol. The molecule has 6 nitrogen and oxygen atoms in total. The summed E-state index contributed by atoms with van der Waals surface area (Å²) in [5, 5.41) is 6.17. The Morgan fingerprint density at radius 1 is 1.32 bits per heavy atom. The van der Waals surface area contributed by atoms with Crippen LogP contribution in [0.5, 0.6) is 5.75 Å². The van der Waals surface area contributed by atoms with Gasteiger partial charge in [0.2, 0.25) is 5.91 Å². The lowest BCUT2D eigenvalue weighted by atomic mass is 10.3. The van der Waals surface area contributed by atoms with Crippen molar-refractivity contribution in [2.75, 3.05) is 58.4 Å². The first kappa shape index (κ1) is 16.6. The Labute approximate surface area is 131 Å². The van der Waals surface area contributed by atoms with E-state index in [1.165, 1.54) is 0 Å². The van der Waals surface area contributed by atoms with Gasteiger partial charge in [0.25, 0.3) is 0 Å². The van der Waals surface area contributed by atoms with Crippen LogP contribution in [0.4, 0.5) is 5.69 Å². The molecule has 1 amide bonds. The van der Waals surface area contributed by atoms with Crippen LogP contribution in [0.25, 0.3) is 0 Å². The molecule has 0 bridgehead atoms. The maximum Gasteiger partial charge on any atom is 0.221 e. The highest BCUT2D eigenvalue weighted by molar-refractivity contribution is 5.76. The number of hydrogen-bond donors (Lipinski definition) is 2. The van der Waals surface area contributed by atoms with Crippen LogP contribution in [0.1, 0.15) is 6.42 Å². The summed E-state index contributed by atoms with van der Waals surface area (Å²) in [4.78, 5) is 14.1. The number of morpholine rings is 1. The molecule has 1 aliphatic rings. The zero-order valence-electron chi connectivity index (χ0n) is 13.1. The predicted octanol–water partition coefficient (Wildman–Crippen LogP) is 0.946. The highest BCUT2D eigenvalue weighted by atomic mass is 16.5. The number of hydrogen-bond acceptors (Lipinski definition) is 5. The molecular formula is C16H25N3O3. The Hall–Kier alpha value is -1.79. The molecule has 0 aliphatic carbocycles. The number of methoxy groups -OCH3 is 1. The number of rotatable bonds is 8. The minimum atomic E-state index is 0.0728. The van der Waals surface area contributed by atoms with E-state index >= 15 is 0 Å². The molecule has 0 aromatic heterocycles. The summed E-state index contributed by atoms with van der Waals surface area (Å²) in [6.45, 7) is 5.67. The third-order valence-corrected chi connectivity index (χ3v) is 3.60. The fourth-order valence-electron chi connectivity index (χ4n) is 2.32. The second-order valence-corrected chi connectivity index (χ2v) is 5.21. The first-order valence-electron chi connectivity index (χ1n) is 7.72. The molecule has 2 N–H and O–H groups in total. The number of nitrogens with one attached hydrogen (secondary N) is 2. The molecule has 122 valence electrons. The molecule has 0 atom stereocenters. The van der Waals surface area contributed by atoms with E-state index in [-0.39, 0.29) is 5.91 Å². The molecule has 6 heteroatoms. The number of nitrogens with zero attached hydrogens (tertiary/aromatic N) is 1. The van der Waals surface area contributed by atoms with Gasteiger partial charge < -0.3 is 20.1 Å². The summed E-state index contributed by atoms with van der Waals surface area (Å²) >= 11 is 0. The van der Waals surface area contributed by atoms with E-state index in [4.69, 9.17) is 9.47 Å². The van der Waals surface area contributed by atoms with Gasteiger partial charge >= 0.3 is 0 Å². The average molecular weight is 307 g/mol. The van der Waals surface area contributed by atoms with Crippen molar-refractivity contribution in [3.05, 3.63) is 24.3 Å². The maximum absolute atomic E-state index is 11.8. The molecule has 0 unspecified atom stereocenters. The summed E-state index contributed by atoms with van der Waals surface area (Å²) < 4.78 is 10.5. The Morgan fingerprint density at radius 3 is 2.91 bits per heavy atom. The van der Waals surface area contributed by atoms with E-state index in [2.05, 4.69) is 15.5 Å². The van der Waals surface area contributed by atoms with Crippen molar-refractivity contribution in [3.63, 3.8) is 0 Å². The van der Waals surface area contributed by atoms with Crippen LogP contribution < -0.4 is 15.4 Å². The van der Waals surface area contributed by atoms with Crippen LogP contribution in [0.15, 0.2) is 24.3 Å². The molecule has 1 saturated heterocycles. The monoisotopic (exact) mass is 307 g/mol. The highest BCUT2D eigenvalue weighted by Gasteiger charge is 2.10. The van der Waals surface area contributed by atoms with Gasteiger partial charge in [-0.2, -0.15) is 0 Å². The smallest absolute Gasteiger partial charge is 0.221 e. The van der Waals surface area contributed by atoms with Gasteiger partial charge in [-0.25, -0.2) is 0 Å². The minimum absolute atomic E-state index is 0.0728. The van der Waals surface area contributed by atoms with Gasteiger partial charge in [0.05, 0.1) is 20.3 Å². The molecule has 1 fully saturated rings.